The van der Waals surface area contributed by atoms with Crippen molar-refractivity contribution in [2.24, 2.45) is 5.92 Å². The first-order valence-corrected chi connectivity index (χ1v) is 5.35. The minimum atomic E-state index is -0.797. The summed E-state index contributed by atoms with van der Waals surface area (Å²) >= 11 is 4.44. The van der Waals surface area contributed by atoms with Gasteiger partial charge in [-0.3, -0.25) is 0 Å². The highest BCUT2D eigenvalue weighted by Crippen LogP contribution is 2.10. The Kier molecular flexibility index (Phi) is 7.19. The largest absolute Gasteiger partial charge is 0.500 e. The lowest BCUT2D eigenvalue weighted by molar-refractivity contribution is 0.207. The summed E-state index contributed by atoms with van der Waals surface area (Å²) in [5.41, 5.74) is 0. The quantitative estimate of drug-likeness (QED) is 0.495. The van der Waals surface area contributed by atoms with Crippen LogP contribution < -0.4 is 0 Å². The number of aliphatic hydroxyl groups excluding tert-OH is 2. The Labute approximate surface area is 86.0 Å². The van der Waals surface area contributed by atoms with Gasteiger partial charge in [-0.05, 0) is 24.6 Å². The molecule has 0 aliphatic heterocycles. The zero-order valence-corrected chi connectivity index (χ0v) is 9.31. The zero-order chi connectivity index (χ0) is 10.3. The maximum absolute atomic E-state index is 9.14. The minimum absolute atomic E-state index is 0.274. The lowest BCUT2D eigenvalue weighted by Gasteiger charge is -2.07. The van der Waals surface area contributed by atoms with Gasteiger partial charge in [0.25, 0.3) is 0 Å². The first-order valence-electron chi connectivity index (χ1n) is 4.95. The monoisotopic (exact) mass is 204 g/mol. The van der Waals surface area contributed by atoms with Gasteiger partial charge in [0, 0.05) is 0 Å². The fraction of sp³-hybridized carbons (Fsp3) is 0.900. The van der Waals surface area contributed by atoms with Crippen molar-refractivity contribution in [2.45, 2.75) is 52.1 Å². The normalized spacial score (nSPS) is 13.2. The molecule has 0 bridgehead atoms. The van der Waals surface area contributed by atoms with Gasteiger partial charge < -0.3 is 10.2 Å². The number of rotatable bonds is 7. The summed E-state index contributed by atoms with van der Waals surface area (Å²) < 4.78 is 0. The van der Waals surface area contributed by atoms with Gasteiger partial charge >= 0.3 is 0 Å². The molecule has 0 aromatic heterocycles. The summed E-state index contributed by atoms with van der Waals surface area (Å²) in [7, 11) is 0. The molecule has 0 spiro atoms. The van der Waals surface area contributed by atoms with Crippen LogP contribution in [-0.4, -0.2) is 21.4 Å². The van der Waals surface area contributed by atoms with Crippen molar-refractivity contribution in [3.8, 4) is 0 Å². The van der Waals surface area contributed by atoms with Crippen molar-refractivity contribution in [1.82, 2.24) is 0 Å². The molecule has 0 aromatic carbocycles. The third-order valence-electron chi connectivity index (χ3n) is 2.04. The highest BCUT2D eigenvalue weighted by atomic mass is 32.1. The van der Waals surface area contributed by atoms with Crippen LogP contribution in [0.25, 0.3) is 0 Å². The second-order valence-electron chi connectivity index (χ2n) is 3.89. The molecule has 1 atom stereocenters. The van der Waals surface area contributed by atoms with Crippen molar-refractivity contribution in [3.05, 3.63) is 0 Å². The molecule has 0 aromatic rings. The number of unbranched alkanes of at least 4 members (excludes halogenated alkanes) is 2. The van der Waals surface area contributed by atoms with Gasteiger partial charge in [0.2, 0.25) is 0 Å². The second kappa shape index (κ2) is 7.27. The van der Waals surface area contributed by atoms with E-state index in [0.717, 1.165) is 18.8 Å². The Morgan fingerprint density at radius 3 is 2.15 bits per heavy atom. The molecule has 0 rings (SSSR count). The number of hydrogen-bond acceptors (Lipinski definition) is 2. The Morgan fingerprint density at radius 2 is 1.69 bits per heavy atom. The predicted octanol–water partition coefficient (Wildman–Crippen LogP) is 2.84. The third kappa shape index (κ3) is 8.19. The van der Waals surface area contributed by atoms with Gasteiger partial charge in [-0.25, -0.2) is 0 Å². The molecule has 0 aliphatic rings. The maximum atomic E-state index is 9.14. The summed E-state index contributed by atoms with van der Waals surface area (Å²) in [5.74, 6) is 0.754. The summed E-state index contributed by atoms with van der Waals surface area (Å²) in [6.45, 7) is 4.41. The van der Waals surface area contributed by atoms with E-state index in [0.29, 0.717) is 6.42 Å². The Balaban J connectivity index is 3.21. The smallest absolute Gasteiger partial charge is 0.186 e. The van der Waals surface area contributed by atoms with Gasteiger partial charge in [-0.1, -0.05) is 39.5 Å². The molecular formula is C10H20O2S. The van der Waals surface area contributed by atoms with Crippen molar-refractivity contribution >= 4 is 17.3 Å². The van der Waals surface area contributed by atoms with Gasteiger partial charge in [0.05, 0.1) is 0 Å². The van der Waals surface area contributed by atoms with E-state index in [9.17, 15) is 0 Å². The molecule has 1 unspecified atom stereocenters. The van der Waals surface area contributed by atoms with E-state index in [4.69, 9.17) is 10.2 Å². The van der Waals surface area contributed by atoms with E-state index >= 15 is 0 Å². The van der Waals surface area contributed by atoms with Crippen molar-refractivity contribution in [1.29, 1.82) is 0 Å². The molecule has 13 heavy (non-hydrogen) atoms. The van der Waals surface area contributed by atoms with Crippen LogP contribution in [0.5, 0.6) is 0 Å². The summed E-state index contributed by atoms with van der Waals surface area (Å²) in [6, 6.07) is 0. The highest BCUT2D eigenvalue weighted by molar-refractivity contribution is 7.80. The lowest BCUT2D eigenvalue weighted by atomic mass is 10.0. The van der Waals surface area contributed by atoms with Crippen LogP contribution in [0.4, 0.5) is 0 Å². The zero-order valence-electron chi connectivity index (χ0n) is 8.49. The van der Waals surface area contributed by atoms with Crippen molar-refractivity contribution < 1.29 is 10.2 Å². The first kappa shape index (κ1) is 12.8. The van der Waals surface area contributed by atoms with E-state index in [2.05, 4.69) is 26.1 Å². The van der Waals surface area contributed by atoms with E-state index in [1.165, 1.54) is 12.8 Å². The van der Waals surface area contributed by atoms with Crippen molar-refractivity contribution in [3.63, 3.8) is 0 Å². The molecule has 3 heteroatoms. The fourth-order valence-electron chi connectivity index (χ4n) is 1.19. The van der Waals surface area contributed by atoms with Crippen LogP contribution in [0, 0.1) is 5.92 Å². The van der Waals surface area contributed by atoms with E-state index in [-0.39, 0.29) is 5.05 Å². The second-order valence-corrected chi connectivity index (χ2v) is 4.30. The highest BCUT2D eigenvalue weighted by Gasteiger charge is 2.07. The van der Waals surface area contributed by atoms with Crippen LogP contribution in [0.15, 0.2) is 0 Å². The molecule has 0 aliphatic carbocycles. The number of aliphatic hydroxyl groups is 2. The van der Waals surface area contributed by atoms with E-state index < -0.39 is 6.10 Å². The summed E-state index contributed by atoms with van der Waals surface area (Å²) in [5, 5.41) is 17.6. The molecule has 0 heterocycles. The SMILES string of the molecule is CC(C)CCCCCC(O)C(O)=S. The van der Waals surface area contributed by atoms with Gasteiger partial charge in [-0.15, -0.1) is 0 Å². The number of thiocarbonyl (C=S) groups is 1. The summed E-state index contributed by atoms with van der Waals surface area (Å²) in [4.78, 5) is 0. The number of hydrogen-bond donors (Lipinski definition) is 2. The van der Waals surface area contributed by atoms with Crippen LogP contribution in [0.1, 0.15) is 46.0 Å². The Morgan fingerprint density at radius 1 is 1.15 bits per heavy atom. The first-order chi connectivity index (χ1) is 6.04. The van der Waals surface area contributed by atoms with Gasteiger partial charge in [-0.2, -0.15) is 0 Å². The molecule has 78 valence electrons. The van der Waals surface area contributed by atoms with Crippen LogP contribution >= 0.6 is 12.2 Å². The lowest BCUT2D eigenvalue weighted by Crippen LogP contribution is -2.16. The average molecular weight is 204 g/mol. The topological polar surface area (TPSA) is 40.5 Å². The van der Waals surface area contributed by atoms with Gasteiger partial charge in [0.15, 0.2) is 5.05 Å². The van der Waals surface area contributed by atoms with Crippen LogP contribution in [-0.2, 0) is 0 Å². The van der Waals surface area contributed by atoms with Crippen LogP contribution in [0.3, 0.4) is 0 Å². The van der Waals surface area contributed by atoms with E-state index in [1.54, 1.807) is 0 Å². The maximum Gasteiger partial charge on any atom is 0.186 e. The predicted molar refractivity (Wildman–Crippen MR) is 59.2 cm³/mol. The Bertz CT molecular complexity index is 146. The standard InChI is InChI=1S/C10H20O2S/c1-8(2)6-4-3-5-7-9(11)10(12)13/h8-9,11H,3-7H2,1-2H3,(H,12,13). The molecule has 0 amide bonds. The van der Waals surface area contributed by atoms with Gasteiger partial charge in [0.1, 0.15) is 6.10 Å². The molecule has 0 saturated heterocycles. The molecule has 0 saturated carbocycles. The fourth-order valence-corrected chi connectivity index (χ4v) is 1.31. The average Bonchev–Trinajstić information content (AvgIpc) is 2.02. The molecule has 2 N–H and O–H groups in total. The summed E-state index contributed by atoms with van der Waals surface area (Å²) in [6.07, 6.45) is 4.27. The molecular weight excluding hydrogens is 184 g/mol. The van der Waals surface area contributed by atoms with Crippen molar-refractivity contribution in [2.75, 3.05) is 0 Å². The van der Waals surface area contributed by atoms with E-state index in [1.807, 2.05) is 0 Å². The molecule has 2 nitrogen and oxygen atoms in total. The Hall–Kier alpha value is -0.150. The molecule has 0 radical (unpaired) electrons. The minimum Gasteiger partial charge on any atom is -0.500 e. The molecule has 0 fully saturated rings. The third-order valence-corrected chi connectivity index (χ3v) is 2.32. The van der Waals surface area contributed by atoms with Crippen LogP contribution in [0.2, 0.25) is 0 Å².